The summed E-state index contributed by atoms with van der Waals surface area (Å²) in [5, 5.41) is 0. The van der Waals surface area contributed by atoms with Crippen LogP contribution in [0.15, 0.2) is 24.3 Å². The van der Waals surface area contributed by atoms with E-state index < -0.39 is 0 Å². The summed E-state index contributed by atoms with van der Waals surface area (Å²) in [5.41, 5.74) is 4.58. The molecule has 21 heavy (non-hydrogen) atoms. The zero-order chi connectivity index (χ0) is 13.9. The monoisotopic (exact) mass is 281 g/mol. The fourth-order valence-corrected chi connectivity index (χ4v) is 6.11. The average molecular weight is 281 g/mol. The molecule has 1 aliphatic heterocycles. The molecule has 0 amide bonds. The smallest absolute Gasteiger partial charge is 0.00468 e. The van der Waals surface area contributed by atoms with Crippen molar-refractivity contribution >= 4 is 0 Å². The lowest BCUT2D eigenvalue weighted by molar-refractivity contribution is 0.00510. The van der Waals surface area contributed by atoms with Crippen molar-refractivity contribution in [3.63, 3.8) is 0 Å². The van der Waals surface area contributed by atoms with E-state index in [0.717, 1.165) is 5.92 Å². The predicted octanol–water partition coefficient (Wildman–Crippen LogP) is 4.16. The Balaban J connectivity index is 1.54. The zero-order valence-electron chi connectivity index (χ0n) is 13.1. The number of nitrogens with zero attached hydrogens (tertiary/aromatic N) is 1. The minimum atomic E-state index is 0.544. The van der Waals surface area contributed by atoms with Gasteiger partial charge in [0.25, 0.3) is 0 Å². The number of aryl methyl sites for hydroxylation is 1. The van der Waals surface area contributed by atoms with Crippen LogP contribution >= 0.6 is 0 Å². The van der Waals surface area contributed by atoms with E-state index in [2.05, 4.69) is 29.2 Å². The molecule has 2 saturated carbocycles. The standard InChI is InChI=1S/C20H27N/c1-2-5-18-17(4-1)8-11-19-9-3-10-20(18,19)12-13-21(15-19)14-16-6-7-16/h1-2,4-5,16H,3,6-15H2. The average Bonchev–Trinajstić information content (AvgIpc) is 3.23. The highest BCUT2D eigenvalue weighted by atomic mass is 15.2. The molecule has 0 spiro atoms. The zero-order valence-corrected chi connectivity index (χ0v) is 13.1. The topological polar surface area (TPSA) is 3.24 Å². The van der Waals surface area contributed by atoms with Crippen molar-refractivity contribution in [3.8, 4) is 0 Å². The van der Waals surface area contributed by atoms with Gasteiger partial charge < -0.3 is 4.90 Å². The number of likely N-dealkylation sites (tertiary alicyclic amines) is 1. The third-order valence-electron chi connectivity index (χ3n) is 7.27. The van der Waals surface area contributed by atoms with E-state index in [4.69, 9.17) is 0 Å². The quantitative estimate of drug-likeness (QED) is 0.787. The molecular formula is C20H27N. The third kappa shape index (κ3) is 1.73. The van der Waals surface area contributed by atoms with Crippen LogP contribution in [0.5, 0.6) is 0 Å². The molecule has 1 nitrogen and oxygen atoms in total. The third-order valence-corrected chi connectivity index (χ3v) is 7.27. The van der Waals surface area contributed by atoms with Crippen molar-refractivity contribution in [2.45, 2.75) is 56.8 Å². The summed E-state index contributed by atoms with van der Waals surface area (Å²) in [4.78, 5) is 2.84. The van der Waals surface area contributed by atoms with E-state index >= 15 is 0 Å². The summed E-state index contributed by atoms with van der Waals surface area (Å²) in [6.45, 7) is 4.16. The van der Waals surface area contributed by atoms with E-state index in [1.165, 1.54) is 71.0 Å². The molecule has 4 aliphatic rings. The molecule has 1 aromatic carbocycles. The van der Waals surface area contributed by atoms with E-state index in [0.29, 0.717) is 10.8 Å². The Kier molecular flexibility index (Phi) is 2.63. The molecule has 3 fully saturated rings. The van der Waals surface area contributed by atoms with Crippen molar-refractivity contribution in [2.75, 3.05) is 19.6 Å². The molecule has 0 aromatic heterocycles. The number of piperidine rings is 1. The number of hydrogen-bond acceptors (Lipinski definition) is 1. The summed E-state index contributed by atoms with van der Waals surface area (Å²) < 4.78 is 0. The molecule has 1 aromatic rings. The molecule has 1 heterocycles. The number of rotatable bonds is 2. The second-order valence-corrected chi connectivity index (χ2v) is 8.30. The van der Waals surface area contributed by atoms with Crippen molar-refractivity contribution in [2.24, 2.45) is 11.3 Å². The fourth-order valence-electron chi connectivity index (χ4n) is 6.11. The van der Waals surface area contributed by atoms with Crippen LogP contribution in [-0.4, -0.2) is 24.5 Å². The van der Waals surface area contributed by atoms with Gasteiger partial charge >= 0.3 is 0 Å². The van der Waals surface area contributed by atoms with Crippen LogP contribution in [0.1, 0.15) is 56.1 Å². The van der Waals surface area contributed by atoms with Crippen molar-refractivity contribution in [1.82, 2.24) is 4.90 Å². The first-order valence-corrected chi connectivity index (χ1v) is 9.12. The van der Waals surface area contributed by atoms with Crippen LogP contribution in [0, 0.1) is 11.3 Å². The Bertz CT molecular complexity index is 561. The van der Waals surface area contributed by atoms with Crippen LogP contribution in [0.4, 0.5) is 0 Å². The van der Waals surface area contributed by atoms with Gasteiger partial charge in [0.1, 0.15) is 0 Å². The van der Waals surface area contributed by atoms with E-state index in [1.807, 2.05) is 0 Å². The number of hydrogen-bond donors (Lipinski definition) is 0. The first kappa shape index (κ1) is 12.7. The second kappa shape index (κ2) is 4.35. The SMILES string of the molecule is c1ccc2c(c1)CCC13CCCC21CCN(CC1CC1)C3. The number of benzene rings is 1. The lowest BCUT2D eigenvalue weighted by Crippen LogP contribution is -2.57. The maximum atomic E-state index is 2.84. The van der Waals surface area contributed by atoms with Gasteiger partial charge in [0, 0.05) is 18.5 Å². The second-order valence-electron chi connectivity index (χ2n) is 8.30. The molecule has 0 N–H and O–H groups in total. The maximum Gasteiger partial charge on any atom is 0.00468 e. The molecule has 1 heteroatoms. The molecule has 5 rings (SSSR count). The highest BCUT2D eigenvalue weighted by Crippen LogP contribution is 2.63. The highest BCUT2D eigenvalue weighted by Gasteiger charge is 2.59. The van der Waals surface area contributed by atoms with E-state index in [9.17, 15) is 0 Å². The number of fused-ring (bicyclic) bond motifs is 1. The highest BCUT2D eigenvalue weighted by molar-refractivity contribution is 5.42. The maximum absolute atomic E-state index is 2.84. The molecule has 0 bridgehead atoms. The Morgan fingerprint density at radius 2 is 1.95 bits per heavy atom. The Morgan fingerprint density at radius 3 is 2.86 bits per heavy atom. The minimum Gasteiger partial charge on any atom is -0.302 e. The van der Waals surface area contributed by atoms with Gasteiger partial charge in [0.05, 0.1) is 0 Å². The molecule has 2 atom stereocenters. The first-order chi connectivity index (χ1) is 10.3. The summed E-state index contributed by atoms with van der Waals surface area (Å²) in [7, 11) is 0. The van der Waals surface area contributed by atoms with Crippen molar-refractivity contribution < 1.29 is 0 Å². The molecule has 1 saturated heterocycles. The van der Waals surface area contributed by atoms with E-state index in [1.54, 1.807) is 11.1 Å². The summed E-state index contributed by atoms with van der Waals surface area (Å²) >= 11 is 0. The summed E-state index contributed by atoms with van der Waals surface area (Å²) in [6, 6.07) is 9.42. The van der Waals surface area contributed by atoms with Gasteiger partial charge in [-0.25, -0.2) is 0 Å². The van der Waals surface area contributed by atoms with Crippen LogP contribution in [0.3, 0.4) is 0 Å². The van der Waals surface area contributed by atoms with Gasteiger partial charge in [-0.1, -0.05) is 30.7 Å². The first-order valence-electron chi connectivity index (χ1n) is 9.12. The lowest BCUT2D eigenvalue weighted by Gasteiger charge is -2.57. The Hall–Kier alpha value is -0.820. The van der Waals surface area contributed by atoms with Crippen LogP contribution in [0.2, 0.25) is 0 Å². The summed E-state index contributed by atoms with van der Waals surface area (Å²) in [6.07, 6.45) is 11.6. The minimum absolute atomic E-state index is 0.544. The van der Waals surface area contributed by atoms with Gasteiger partial charge in [-0.3, -0.25) is 0 Å². The van der Waals surface area contributed by atoms with Crippen LogP contribution in [-0.2, 0) is 11.8 Å². The van der Waals surface area contributed by atoms with Gasteiger partial charge in [0.2, 0.25) is 0 Å². The van der Waals surface area contributed by atoms with Gasteiger partial charge in [-0.05, 0) is 74.0 Å². The van der Waals surface area contributed by atoms with Crippen LogP contribution < -0.4 is 0 Å². The van der Waals surface area contributed by atoms with Crippen molar-refractivity contribution in [3.05, 3.63) is 35.4 Å². The molecule has 0 radical (unpaired) electrons. The largest absolute Gasteiger partial charge is 0.302 e. The van der Waals surface area contributed by atoms with Gasteiger partial charge in [0.15, 0.2) is 0 Å². The molecular weight excluding hydrogens is 254 g/mol. The van der Waals surface area contributed by atoms with Gasteiger partial charge in [-0.15, -0.1) is 0 Å². The molecule has 2 unspecified atom stereocenters. The van der Waals surface area contributed by atoms with E-state index in [-0.39, 0.29) is 0 Å². The Labute approximate surface area is 128 Å². The lowest BCUT2D eigenvalue weighted by atomic mass is 9.52. The van der Waals surface area contributed by atoms with Crippen LogP contribution in [0.25, 0.3) is 0 Å². The predicted molar refractivity (Wildman–Crippen MR) is 86.5 cm³/mol. The molecule has 3 aliphatic carbocycles. The fraction of sp³-hybridized carbons (Fsp3) is 0.700. The Morgan fingerprint density at radius 1 is 1.05 bits per heavy atom. The summed E-state index contributed by atoms with van der Waals surface area (Å²) in [5.74, 6) is 1.05. The van der Waals surface area contributed by atoms with Crippen molar-refractivity contribution in [1.29, 1.82) is 0 Å². The van der Waals surface area contributed by atoms with Gasteiger partial charge in [-0.2, -0.15) is 0 Å². The normalized spacial score (nSPS) is 38.7. The molecule has 112 valence electrons.